The molecular formula is C9H12N2O4. The number of carboxylic acids is 1. The van der Waals surface area contributed by atoms with Gasteiger partial charge >= 0.3 is 5.97 Å². The van der Waals surface area contributed by atoms with Crippen LogP contribution in [-0.4, -0.2) is 34.3 Å². The number of aliphatic carboxylic acids is 1. The van der Waals surface area contributed by atoms with Crippen molar-refractivity contribution >= 4 is 5.97 Å². The van der Waals surface area contributed by atoms with Crippen LogP contribution >= 0.6 is 0 Å². The number of aliphatic hydroxyl groups is 1. The van der Waals surface area contributed by atoms with E-state index in [-0.39, 0.29) is 5.69 Å². The van der Waals surface area contributed by atoms with Crippen molar-refractivity contribution in [2.75, 3.05) is 7.11 Å². The lowest BCUT2D eigenvalue weighted by Gasteiger charge is -2.16. The number of carbonyl (C=O) groups is 1. The van der Waals surface area contributed by atoms with Gasteiger partial charge in [0, 0.05) is 6.20 Å². The third kappa shape index (κ3) is 2.42. The third-order valence-electron chi connectivity index (χ3n) is 1.93. The molecule has 0 aromatic carbocycles. The number of hydrogen-bond acceptors (Lipinski definition) is 5. The van der Waals surface area contributed by atoms with Crippen LogP contribution in [0.4, 0.5) is 0 Å². The van der Waals surface area contributed by atoms with Crippen LogP contribution in [-0.2, 0) is 4.79 Å². The van der Waals surface area contributed by atoms with Gasteiger partial charge in [0.05, 0.1) is 7.11 Å². The van der Waals surface area contributed by atoms with E-state index in [1.165, 1.54) is 13.3 Å². The fourth-order valence-electron chi connectivity index (χ4n) is 1.10. The number of rotatable bonds is 4. The van der Waals surface area contributed by atoms with E-state index in [2.05, 4.69) is 4.98 Å². The maximum Gasteiger partial charge on any atom is 0.323 e. The Morgan fingerprint density at radius 1 is 1.67 bits per heavy atom. The van der Waals surface area contributed by atoms with Gasteiger partial charge in [-0.3, -0.25) is 9.78 Å². The summed E-state index contributed by atoms with van der Waals surface area (Å²) < 4.78 is 4.93. The Morgan fingerprint density at radius 2 is 2.33 bits per heavy atom. The van der Waals surface area contributed by atoms with E-state index in [0.29, 0.717) is 5.75 Å². The Hall–Kier alpha value is -1.66. The summed E-state index contributed by atoms with van der Waals surface area (Å²) in [5.41, 5.74) is 5.39. The van der Waals surface area contributed by atoms with Gasteiger partial charge in [-0.25, -0.2) is 0 Å². The minimum Gasteiger partial charge on any atom is -0.495 e. The van der Waals surface area contributed by atoms with E-state index in [1.807, 2.05) is 0 Å². The summed E-state index contributed by atoms with van der Waals surface area (Å²) >= 11 is 0. The van der Waals surface area contributed by atoms with Gasteiger partial charge < -0.3 is 20.7 Å². The van der Waals surface area contributed by atoms with Crippen molar-refractivity contribution in [2.45, 2.75) is 12.1 Å². The standard InChI is InChI=1S/C9H12N2O4/c1-15-5-3-2-4-11-7(5)8(12)6(10)9(13)14/h2-4,6,8,12H,10H2,1H3,(H,13,14). The molecule has 0 aliphatic rings. The number of pyridine rings is 1. The Kier molecular flexibility index (Phi) is 3.59. The van der Waals surface area contributed by atoms with E-state index in [4.69, 9.17) is 15.6 Å². The van der Waals surface area contributed by atoms with E-state index >= 15 is 0 Å². The lowest BCUT2D eigenvalue weighted by atomic mass is 10.1. The highest BCUT2D eigenvalue weighted by atomic mass is 16.5. The highest BCUT2D eigenvalue weighted by Crippen LogP contribution is 2.23. The minimum atomic E-state index is -1.42. The smallest absolute Gasteiger partial charge is 0.323 e. The van der Waals surface area contributed by atoms with Gasteiger partial charge in [-0.05, 0) is 12.1 Å². The summed E-state index contributed by atoms with van der Waals surface area (Å²) in [5, 5.41) is 18.2. The highest BCUT2D eigenvalue weighted by molar-refractivity contribution is 5.74. The number of aliphatic hydroxyl groups excluding tert-OH is 1. The molecule has 0 saturated heterocycles. The molecule has 82 valence electrons. The Balaban J connectivity index is 2.99. The van der Waals surface area contributed by atoms with Crippen LogP contribution in [0.3, 0.4) is 0 Å². The molecule has 0 fully saturated rings. The van der Waals surface area contributed by atoms with Crippen molar-refractivity contribution in [3.8, 4) is 5.75 Å². The fraction of sp³-hybridized carbons (Fsp3) is 0.333. The molecule has 6 nitrogen and oxygen atoms in total. The number of aromatic nitrogens is 1. The average molecular weight is 212 g/mol. The van der Waals surface area contributed by atoms with Crippen molar-refractivity contribution in [3.05, 3.63) is 24.0 Å². The Labute approximate surface area is 86.3 Å². The number of nitrogens with zero attached hydrogens (tertiary/aromatic N) is 1. The zero-order valence-electron chi connectivity index (χ0n) is 8.12. The monoisotopic (exact) mass is 212 g/mol. The molecule has 2 unspecified atom stereocenters. The molecule has 0 saturated carbocycles. The molecule has 4 N–H and O–H groups in total. The van der Waals surface area contributed by atoms with Crippen molar-refractivity contribution in [2.24, 2.45) is 5.73 Å². The Morgan fingerprint density at radius 3 is 2.87 bits per heavy atom. The van der Waals surface area contributed by atoms with Gasteiger partial charge in [0.2, 0.25) is 0 Å². The predicted octanol–water partition coefficient (Wildman–Crippen LogP) is -0.465. The van der Waals surface area contributed by atoms with E-state index in [9.17, 15) is 9.90 Å². The number of nitrogens with two attached hydrogens (primary N) is 1. The van der Waals surface area contributed by atoms with Gasteiger partial charge in [0.1, 0.15) is 23.6 Å². The molecule has 15 heavy (non-hydrogen) atoms. The molecule has 0 radical (unpaired) electrons. The molecule has 0 spiro atoms. The minimum absolute atomic E-state index is 0.120. The first-order chi connectivity index (χ1) is 7.07. The van der Waals surface area contributed by atoms with E-state index in [1.54, 1.807) is 12.1 Å². The van der Waals surface area contributed by atoms with Crippen molar-refractivity contribution < 1.29 is 19.7 Å². The molecule has 1 rings (SSSR count). The summed E-state index contributed by atoms with van der Waals surface area (Å²) in [4.78, 5) is 14.4. The number of methoxy groups -OCH3 is 1. The molecule has 1 aromatic rings. The normalized spacial score (nSPS) is 14.3. The average Bonchev–Trinajstić information content (AvgIpc) is 2.26. The topological polar surface area (TPSA) is 106 Å². The first-order valence-corrected chi connectivity index (χ1v) is 4.23. The lowest BCUT2D eigenvalue weighted by molar-refractivity contribution is -0.141. The summed E-state index contributed by atoms with van der Waals surface area (Å²) in [6.45, 7) is 0. The Bertz CT molecular complexity index is 356. The molecule has 0 aliphatic carbocycles. The third-order valence-corrected chi connectivity index (χ3v) is 1.93. The maximum atomic E-state index is 10.6. The second-order valence-corrected chi connectivity index (χ2v) is 2.90. The molecule has 1 heterocycles. The molecule has 6 heteroatoms. The van der Waals surface area contributed by atoms with E-state index in [0.717, 1.165) is 0 Å². The summed E-state index contributed by atoms with van der Waals surface area (Å²) in [7, 11) is 1.40. The number of ether oxygens (including phenoxy) is 1. The van der Waals surface area contributed by atoms with Crippen LogP contribution in [0, 0.1) is 0 Å². The van der Waals surface area contributed by atoms with Gasteiger partial charge in [-0.2, -0.15) is 0 Å². The van der Waals surface area contributed by atoms with Crippen LogP contribution in [0.5, 0.6) is 5.75 Å². The van der Waals surface area contributed by atoms with Gasteiger partial charge in [0.25, 0.3) is 0 Å². The first kappa shape index (κ1) is 11.4. The summed E-state index contributed by atoms with van der Waals surface area (Å²) in [6, 6.07) is 1.76. The largest absolute Gasteiger partial charge is 0.495 e. The molecule has 1 aromatic heterocycles. The second kappa shape index (κ2) is 4.72. The van der Waals surface area contributed by atoms with Crippen LogP contribution < -0.4 is 10.5 Å². The van der Waals surface area contributed by atoms with Gasteiger partial charge in [-0.15, -0.1) is 0 Å². The second-order valence-electron chi connectivity index (χ2n) is 2.90. The van der Waals surface area contributed by atoms with Gasteiger partial charge in [-0.1, -0.05) is 0 Å². The van der Waals surface area contributed by atoms with Crippen LogP contribution in [0.15, 0.2) is 18.3 Å². The predicted molar refractivity (Wildman–Crippen MR) is 51.4 cm³/mol. The van der Waals surface area contributed by atoms with E-state index < -0.39 is 18.1 Å². The zero-order valence-corrected chi connectivity index (χ0v) is 8.12. The van der Waals surface area contributed by atoms with Crippen molar-refractivity contribution in [3.63, 3.8) is 0 Å². The van der Waals surface area contributed by atoms with Crippen LogP contribution in [0.2, 0.25) is 0 Å². The SMILES string of the molecule is COc1cccnc1C(O)C(N)C(=O)O. The molecule has 0 bridgehead atoms. The van der Waals surface area contributed by atoms with Crippen LogP contribution in [0.1, 0.15) is 11.8 Å². The fourth-order valence-corrected chi connectivity index (χ4v) is 1.10. The summed E-state index contributed by atoms with van der Waals surface area (Å²) in [5.74, 6) is -0.989. The number of hydrogen-bond donors (Lipinski definition) is 3. The summed E-state index contributed by atoms with van der Waals surface area (Å²) in [6.07, 6.45) is 0.0361. The molecule has 2 atom stereocenters. The quantitative estimate of drug-likeness (QED) is 0.623. The van der Waals surface area contributed by atoms with Crippen LogP contribution in [0.25, 0.3) is 0 Å². The first-order valence-electron chi connectivity index (χ1n) is 4.23. The van der Waals surface area contributed by atoms with Crippen molar-refractivity contribution in [1.29, 1.82) is 0 Å². The van der Waals surface area contributed by atoms with Crippen molar-refractivity contribution in [1.82, 2.24) is 4.98 Å². The number of carboxylic acid groups (broad SMARTS) is 1. The van der Waals surface area contributed by atoms with Gasteiger partial charge in [0.15, 0.2) is 0 Å². The zero-order chi connectivity index (χ0) is 11.4. The maximum absolute atomic E-state index is 10.6. The molecular weight excluding hydrogens is 200 g/mol. The highest BCUT2D eigenvalue weighted by Gasteiger charge is 2.27. The molecule has 0 amide bonds. The molecule has 0 aliphatic heterocycles. The lowest BCUT2D eigenvalue weighted by Crippen LogP contribution is -2.37.